The standard InChI is InChI=1S/C25H28N2O5S/c1-16(2)15-32-21-12-17(10-11-20(21)31-5)13-22-25(29)27(3)24(33-22)14-23(28)26-18-8-6-7-9-19(18)30-4/h6-14,16H,15H2,1-5H3,(H,26,28). The summed E-state index contributed by atoms with van der Waals surface area (Å²) < 4.78 is 19.0. The lowest BCUT2D eigenvalue weighted by Gasteiger charge is -2.12. The number of carbonyl (C=O) groups excluding carboxylic acids is 1. The molecule has 3 aromatic rings. The Labute approximate surface area is 196 Å². The van der Waals surface area contributed by atoms with Crippen LogP contribution in [0.2, 0.25) is 0 Å². The van der Waals surface area contributed by atoms with Gasteiger partial charge in [-0.05, 0) is 41.8 Å². The van der Waals surface area contributed by atoms with E-state index in [1.54, 1.807) is 38.4 Å². The Hall–Kier alpha value is -3.52. The summed E-state index contributed by atoms with van der Waals surface area (Å²) in [4.78, 5) is 25.3. The first kappa shape index (κ1) is 24.1. The van der Waals surface area contributed by atoms with E-state index in [0.29, 0.717) is 44.7 Å². The molecule has 1 heterocycles. The topological polar surface area (TPSA) is 78.8 Å². The minimum Gasteiger partial charge on any atom is -0.495 e. The molecule has 33 heavy (non-hydrogen) atoms. The van der Waals surface area contributed by atoms with Crippen LogP contribution in [0.4, 0.5) is 5.69 Å². The van der Waals surface area contributed by atoms with Gasteiger partial charge in [-0.3, -0.25) is 9.59 Å². The molecule has 2 aromatic carbocycles. The monoisotopic (exact) mass is 468 g/mol. The first-order valence-electron chi connectivity index (χ1n) is 10.5. The number of carbonyl (C=O) groups is 1. The van der Waals surface area contributed by atoms with Crippen LogP contribution < -0.4 is 34.3 Å². The van der Waals surface area contributed by atoms with Crippen LogP contribution in [0.1, 0.15) is 19.4 Å². The van der Waals surface area contributed by atoms with Gasteiger partial charge in [0, 0.05) is 13.1 Å². The molecule has 0 saturated carbocycles. The van der Waals surface area contributed by atoms with E-state index in [4.69, 9.17) is 14.2 Å². The van der Waals surface area contributed by atoms with Crippen molar-refractivity contribution in [3.63, 3.8) is 0 Å². The third kappa shape index (κ3) is 6.04. The van der Waals surface area contributed by atoms with E-state index in [1.165, 1.54) is 29.1 Å². The number of rotatable bonds is 8. The maximum absolute atomic E-state index is 12.8. The second kappa shape index (κ2) is 10.9. The predicted octanol–water partition coefficient (Wildman–Crippen LogP) is 2.75. The van der Waals surface area contributed by atoms with Crippen molar-refractivity contribution in [1.29, 1.82) is 0 Å². The summed E-state index contributed by atoms with van der Waals surface area (Å²) in [5.41, 5.74) is 1.18. The van der Waals surface area contributed by atoms with Crippen LogP contribution in [0.15, 0.2) is 47.3 Å². The van der Waals surface area contributed by atoms with Gasteiger partial charge in [-0.2, -0.15) is 0 Å². The molecule has 3 rings (SSSR count). The Bertz CT molecular complexity index is 1310. The lowest BCUT2D eigenvalue weighted by atomic mass is 10.2. The number of ether oxygens (including phenoxy) is 3. The zero-order valence-electron chi connectivity index (χ0n) is 19.4. The van der Waals surface area contributed by atoms with E-state index < -0.39 is 0 Å². The second-order valence-corrected chi connectivity index (χ2v) is 8.82. The van der Waals surface area contributed by atoms with E-state index in [0.717, 1.165) is 5.56 Å². The summed E-state index contributed by atoms with van der Waals surface area (Å²) in [6, 6.07) is 12.7. The molecule has 1 aromatic heterocycles. The van der Waals surface area contributed by atoms with Crippen LogP contribution in [0.3, 0.4) is 0 Å². The molecule has 0 bridgehead atoms. The molecule has 0 saturated heterocycles. The normalized spacial score (nSPS) is 12.2. The molecular formula is C25H28N2O5S. The number of para-hydroxylation sites is 2. The molecule has 0 spiro atoms. The van der Waals surface area contributed by atoms with Gasteiger partial charge in [0.25, 0.3) is 11.5 Å². The van der Waals surface area contributed by atoms with Crippen molar-refractivity contribution in [2.24, 2.45) is 13.0 Å². The Kier molecular flexibility index (Phi) is 7.95. The third-order valence-corrected chi connectivity index (χ3v) is 5.85. The van der Waals surface area contributed by atoms with Gasteiger partial charge in [0.15, 0.2) is 11.5 Å². The number of amides is 1. The van der Waals surface area contributed by atoms with Crippen molar-refractivity contribution in [3.05, 3.63) is 67.6 Å². The maximum atomic E-state index is 12.8. The van der Waals surface area contributed by atoms with Crippen LogP contribution in [-0.4, -0.2) is 31.3 Å². The van der Waals surface area contributed by atoms with Crippen LogP contribution in [0.5, 0.6) is 17.2 Å². The highest BCUT2D eigenvalue weighted by Gasteiger charge is 2.09. The zero-order chi connectivity index (χ0) is 24.0. The fraction of sp³-hybridized carbons (Fsp3) is 0.280. The van der Waals surface area contributed by atoms with E-state index in [9.17, 15) is 9.59 Å². The van der Waals surface area contributed by atoms with Gasteiger partial charge in [0.1, 0.15) is 10.4 Å². The summed E-state index contributed by atoms with van der Waals surface area (Å²) in [6.07, 6.45) is 3.19. The SMILES string of the molecule is COc1ccccc1NC(=O)C=c1sc(=Cc2ccc(OC)c(OCC(C)C)c2)c(=O)n1C. The van der Waals surface area contributed by atoms with Crippen molar-refractivity contribution < 1.29 is 19.0 Å². The zero-order valence-corrected chi connectivity index (χ0v) is 20.2. The molecule has 0 unspecified atom stereocenters. The molecule has 0 fully saturated rings. The molecule has 0 aliphatic rings. The lowest BCUT2D eigenvalue weighted by Crippen LogP contribution is -2.29. The number of thiazole rings is 1. The van der Waals surface area contributed by atoms with Gasteiger partial charge < -0.3 is 24.1 Å². The quantitative estimate of drug-likeness (QED) is 0.550. The fourth-order valence-electron chi connectivity index (χ4n) is 3.04. The average Bonchev–Trinajstić information content (AvgIpc) is 3.05. The smallest absolute Gasteiger partial charge is 0.268 e. The molecular weight excluding hydrogens is 440 g/mol. The number of hydrogen-bond donors (Lipinski definition) is 1. The van der Waals surface area contributed by atoms with Crippen molar-refractivity contribution in [2.75, 3.05) is 26.1 Å². The summed E-state index contributed by atoms with van der Waals surface area (Å²) in [6.45, 7) is 4.70. The second-order valence-electron chi connectivity index (χ2n) is 7.76. The lowest BCUT2D eigenvalue weighted by molar-refractivity contribution is -0.110. The van der Waals surface area contributed by atoms with Crippen LogP contribution in [0, 0.1) is 5.92 Å². The van der Waals surface area contributed by atoms with E-state index >= 15 is 0 Å². The minimum atomic E-state index is -0.350. The van der Waals surface area contributed by atoms with Crippen molar-refractivity contribution in [3.8, 4) is 17.2 Å². The largest absolute Gasteiger partial charge is 0.495 e. The van der Waals surface area contributed by atoms with Gasteiger partial charge in [-0.15, -0.1) is 11.3 Å². The van der Waals surface area contributed by atoms with E-state index in [2.05, 4.69) is 19.2 Å². The number of methoxy groups -OCH3 is 2. The number of benzene rings is 2. The molecule has 7 nitrogen and oxygen atoms in total. The Morgan fingerprint density at radius 3 is 2.52 bits per heavy atom. The van der Waals surface area contributed by atoms with Gasteiger partial charge in [-0.25, -0.2) is 0 Å². The number of anilines is 1. The molecule has 1 N–H and O–H groups in total. The van der Waals surface area contributed by atoms with E-state index in [1.807, 2.05) is 24.3 Å². The van der Waals surface area contributed by atoms with Crippen LogP contribution >= 0.6 is 11.3 Å². The fourth-order valence-corrected chi connectivity index (χ4v) is 4.07. The number of nitrogens with one attached hydrogen (secondary N) is 1. The first-order chi connectivity index (χ1) is 15.8. The maximum Gasteiger partial charge on any atom is 0.268 e. The summed E-state index contributed by atoms with van der Waals surface area (Å²) in [7, 11) is 4.77. The Morgan fingerprint density at radius 1 is 1.09 bits per heavy atom. The molecule has 174 valence electrons. The highest BCUT2D eigenvalue weighted by Crippen LogP contribution is 2.28. The number of nitrogens with zero attached hydrogens (tertiary/aromatic N) is 1. The predicted molar refractivity (Wildman–Crippen MR) is 132 cm³/mol. The van der Waals surface area contributed by atoms with Crippen LogP contribution in [-0.2, 0) is 11.8 Å². The summed E-state index contributed by atoms with van der Waals surface area (Å²) >= 11 is 1.24. The number of aromatic nitrogens is 1. The minimum absolute atomic E-state index is 0.184. The Morgan fingerprint density at radius 2 is 1.82 bits per heavy atom. The molecule has 8 heteroatoms. The average molecular weight is 469 g/mol. The molecule has 1 amide bonds. The van der Waals surface area contributed by atoms with Crippen molar-refractivity contribution in [1.82, 2.24) is 4.57 Å². The molecule has 0 atom stereocenters. The van der Waals surface area contributed by atoms with Gasteiger partial charge in [0.05, 0.1) is 31.0 Å². The van der Waals surface area contributed by atoms with Gasteiger partial charge in [-0.1, -0.05) is 32.0 Å². The third-order valence-electron chi connectivity index (χ3n) is 4.74. The highest BCUT2D eigenvalue weighted by molar-refractivity contribution is 7.07. The summed E-state index contributed by atoms with van der Waals surface area (Å²) in [5, 5.41) is 2.79. The van der Waals surface area contributed by atoms with Crippen molar-refractivity contribution >= 4 is 35.1 Å². The van der Waals surface area contributed by atoms with Gasteiger partial charge >= 0.3 is 0 Å². The first-order valence-corrected chi connectivity index (χ1v) is 11.3. The van der Waals surface area contributed by atoms with Crippen molar-refractivity contribution in [2.45, 2.75) is 13.8 Å². The molecule has 0 radical (unpaired) electrons. The van der Waals surface area contributed by atoms with Crippen LogP contribution in [0.25, 0.3) is 12.2 Å². The summed E-state index contributed by atoms with van der Waals surface area (Å²) in [5.74, 6) is 1.83. The Balaban J connectivity index is 1.93. The number of hydrogen-bond acceptors (Lipinski definition) is 6. The molecule has 0 aliphatic carbocycles. The highest BCUT2D eigenvalue weighted by atomic mass is 32.1. The molecule has 0 aliphatic heterocycles. The van der Waals surface area contributed by atoms with E-state index in [-0.39, 0.29) is 11.5 Å². The van der Waals surface area contributed by atoms with Gasteiger partial charge in [0.2, 0.25) is 0 Å².